The molecule has 1 heterocycles. The summed E-state index contributed by atoms with van der Waals surface area (Å²) in [4.78, 5) is 0. The molecule has 0 aliphatic heterocycles. The van der Waals surface area contributed by atoms with Crippen molar-refractivity contribution in [2.24, 2.45) is 0 Å². The Morgan fingerprint density at radius 2 is 2.05 bits per heavy atom. The van der Waals surface area contributed by atoms with Crippen LogP contribution in [-0.4, -0.2) is 10.2 Å². The highest BCUT2D eigenvalue weighted by atomic mass is 35.5. The molecule has 2 aromatic rings. The van der Waals surface area contributed by atoms with Gasteiger partial charge in [0.05, 0.1) is 12.1 Å². The molecule has 1 aromatic carbocycles. The standard InChI is InChI=1S/C14H13ClF3N3O/c1-8-20-21-12(22-8)7-19-13(4-5-13)10-6-9(14(16,17)18)2-3-11(10)15/h2-3,6,19H,4-5,7H2,1H3. The van der Waals surface area contributed by atoms with Crippen LogP contribution in [0.1, 0.15) is 35.7 Å². The average molecular weight is 332 g/mol. The van der Waals surface area contributed by atoms with Crippen LogP contribution in [0.5, 0.6) is 0 Å². The summed E-state index contributed by atoms with van der Waals surface area (Å²) in [6, 6.07) is 3.39. The van der Waals surface area contributed by atoms with Crippen molar-refractivity contribution >= 4 is 11.6 Å². The molecule has 1 aliphatic rings. The Hall–Kier alpha value is -1.60. The van der Waals surface area contributed by atoms with Gasteiger partial charge >= 0.3 is 6.18 Å². The monoisotopic (exact) mass is 331 g/mol. The maximum Gasteiger partial charge on any atom is 0.416 e. The van der Waals surface area contributed by atoms with E-state index in [1.165, 1.54) is 6.07 Å². The molecule has 0 bridgehead atoms. The second-order valence-corrected chi connectivity index (χ2v) is 5.75. The summed E-state index contributed by atoms with van der Waals surface area (Å²) in [6.07, 6.45) is -2.97. The molecule has 8 heteroatoms. The van der Waals surface area contributed by atoms with Crippen LogP contribution in [0.3, 0.4) is 0 Å². The molecule has 0 spiro atoms. The van der Waals surface area contributed by atoms with Crippen LogP contribution >= 0.6 is 11.6 Å². The van der Waals surface area contributed by atoms with Crippen LogP contribution < -0.4 is 5.32 Å². The summed E-state index contributed by atoms with van der Waals surface area (Å²) >= 11 is 6.10. The van der Waals surface area contributed by atoms with E-state index in [1.54, 1.807) is 6.92 Å². The predicted molar refractivity (Wildman–Crippen MR) is 73.2 cm³/mol. The van der Waals surface area contributed by atoms with E-state index < -0.39 is 17.3 Å². The SMILES string of the molecule is Cc1nnc(CNC2(c3cc(C(F)(F)F)ccc3Cl)CC2)o1. The second-order valence-electron chi connectivity index (χ2n) is 5.34. The van der Waals surface area contributed by atoms with E-state index in [-0.39, 0.29) is 6.54 Å². The van der Waals surface area contributed by atoms with Crippen molar-refractivity contribution in [1.29, 1.82) is 0 Å². The van der Waals surface area contributed by atoms with Crippen molar-refractivity contribution in [2.45, 2.75) is 38.0 Å². The Balaban J connectivity index is 1.83. The van der Waals surface area contributed by atoms with Gasteiger partial charge in [0, 0.05) is 17.5 Å². The minimum absolute atomic E-state index is 0.285. The van der Waals surface area contributed by atoms with E-state index in [0.29, 0.717) is 35.2 Å². The van der Waals surface area contributed by atoms with Gasteiger partial charge in [0.1, 0.15) is 0 Å². The molecule has 0 amide bonds. The minimum Gasteiger partial charge on any atom is -0.424 e. The van der Waals surface area contributed by atoms with Gasteiger partial charge in [-0.15, -0.1) is 10.2 Å². The van der Waals surface area contributed by atoms with Crippen LogP contribution in [0, 0.1) is 6.92 Å². The summed E-state index contributed by atoms with van der Waals surface area (Å²) < 4.78 is 43.8. The number of benzene rings is 1. The molecule has 0 radical (unpaired) electrons. The van der Waals surface area contributed by atoms with Gasteiger partial charge in [-0.2, -0.15) is 13.2 Å². The average Bonchev–Trinajstić information content (AvgIpc) is 3.11. The first-order valence-corrected chi connectivity index (χ1v) is 7.09. The minimum atomic E-state index is -4.39. The highest BCUT2D eigenvalue weighted by Gasteiger charge is 2.46. The molecule has 1 N–H and O–H groups in total. The Morgan fingerprint density at radius 3 is 2.59 bits per heavy atom. The molecule has 0 saturated heterocycles. The maximum absolute atomic E-state index is 12.9. The predicted octanol–water partition coefficient (Wildman–Crippen LogP) is 3.83. The molecule has 1 aromatic heterocycles. The number of nitrogens with zero attached hydrogens (tertiary/aromatic N) is 2. The van der Waals surface area contributed by atoms with Crippen molar-refractivity contribution in [3.63, 3.8) is 0 Å². The fraction of sp³-hybridized carbons (Fsp3) is 0.429. The van der Waals surface area contributed by atoms with Crippen LogP contribution in [-0.2, 0) is 18.3 Å². The summed E-state index contributed by atoms with van der Waals surface area (Å²) in [5.74, 6) is 0.839. The lowest BCUT2D eigenvalue weighted by molar-refractivity contribution is -0.137. The van der Waals surface area contributed by atoms with Crippen molar-refractivity contribution in [3.8, 4) is 0 Å². The van der Waals surface area contributed by atoms with Gasteiger partial charge in [0.2, 0.25) is 11.8 Å². The molecule has 4 nitrogen and oxygen atoms in total. The van der Waals surface area contributed by atoms with E-state index in [0.717, 1.165) is 12.1 Å². The molecule has 22 heavy (non-hydrogen) atoms. The van der Waals surface area contributed by atoms with Crippen molar-refractivity contribution in [3.05, 3.63) is 46.1 Å². The van der Waals surface area contributed by atoms with Gasteiger partial charge in [0.15, 0.2) is 0 Å². The second kappa shape index (κ2) is 5.24. The van der Waals surface area contributed by atoms with Crippen LogP contribution in [0.2, 0.25) is 5.02 Å². The lowest BCUT2D eigenvalue weighted by atomic mass is 10.0. The zero-order valence-electron chi connectivity index (χ0n) is 11.7. The topological polar surface area (TPSA) is 51.0 Å². The zero-order valence-corrected chi connectivity index (χ0v) is 12.4. The number of aromatic nitrogens is 2. The molecular formula is C14H13ClF3N3O. The molecule has 1 fully saturated rings. The lowest BCUT2D eigenvalue weighted by Crippen LogP contribution is -2.29. The Morgan fingerprint density at radius 1 is 1.32 bits per heavy atom. The first-order valence-electron chi connectivity index (χ1n) is 6.71. The fourth-order valence-electron chi connectivity index (χ4n) is 2.39. The smallest absolute Gasteiger partial charge is 0.416 e. The third kappa shape index (κ3) is 2.96. The van der Waals surface area contributed by atoms with Crippen molar-refractivity contribution in [1.82, 2.24) is 15.5 Å². The van der Waals surface area contributed by atoms with Crippen molar-refractivity contribution < 1.29 is 17.6 Å². The third-order valence-corrected chi connectivity index (χ3v) is 4.03. The van der Waals surface area contributed by atoms with Crippen LogP contribution in [0.15, 0.2) is 22.6 Å². The lowest BCUT2D eigenvalue weighted by Gasteiger charge is -2.20. The molecular weight excluding hydrogens is 319 g/mol. The first-order chi connectivity index (χ1) is 10.3. The number of hydrogen-bond donors (Lipinski definition) is 1. The number of hydrogen-bond acceptors (Lipinski definition) is 4. The highest BCUT2D eigenvalue weighted by molar-refractivity contribution is 6.31. The molecule has 0 atom stereocenters. The fourth-order valence-corrected chi connectivity index (χ4v) is 2.69. The number of rotatable bonds is 4. The first kappa shape index (κ1) is 15.3. The molecule has 1 saturated carbocycles. The van der Waals surface area contributed by atoms with Crippen molar-refractivity contribution in [2.75, 3.05) is 0 Å². The van der Waals surface area contributed by atoms with E-state index in [9.17, 15) is 13.2 Å². The Labute approximate surface area is 129 Å². The van der Waals surface area contributed by atoms with Gasteiger partial charge in [-0.05, 0) is 36.6 Å². The normalized spacial score (nSPS) is 16.8. The molecule has 0 unspecified atom stereocenters. The quantitative estimate of drug-likeness (QED) is 0.925. The van der Waals surface area contributed by atoms with E-state index in [1.807, 2.05) is 0 Å². The summed E-state index contributed by atoms with van der Waals surface area (Å²) in [5, 5.41) is 11.1. The summed E-state index contributed by atoms with van der Waals surface area (Å²) in [7, 11) is 0. The van der Waals surface area contributed by atoms with Gasteiger partial charge in [-0.1, -0.05) is 11.6 Å². The Kier molecular flexibility index (Phi) is 3.65. The largest absolute Gasteiger partial charge is 0.424 e. The zero-order chi connectivity index (χ0) is 16.0. The Bertz CT molecular complexity index is 695. The van der Waals surface area contributed by atoms with Gasteiger partial charge in [-0.25, -0.2) is 0 Å². The van der Waals surface area contributed by atoms with E-state index in [2.05, 4.69) is 15.5 Å². The maximum atomic E-state index is 12.9. The third-order valence-electron chi connectivity index (χ3n) is 3.71. The van der Waals surface area contributed by atoms with Crippen LogP contribution in [0.25, 0.3) is 0 Å². The number of alkyl halides is 3. The summed E-state index contributed by atoms with van der Waals surface area (Å²) in [6.45, 7) is 1.96. The van der Waals surface area contributed by atoms with Crippen LogP contribution in [0.4, 0.5) is 13.2 Å². The van der Waals surface area contributed by atoms with Gasteiger partial charge in [0.25, 0.3) is 0 Å². The van der Waals surface area contributed by atoms with E-state index >= 15 is 0 Å². The number of nitrogens with one attached hydrogen (secondary N) is 1. The summed E-state index contributed by atoms with van der Waals surface area (Å²) in [5.41, 5.74) is -0.797. The van der Waals surface area contributed by atoms with Gasteiger partial charge < -0.3 is 4.42 Å². The number of halogens is 4. The van der Waals surface area contributed by atoms with E-state index in [4.69, 9.17) is 16.0 Å². The molecule has 3 rings (SSSR count). The highest BCUT2D eigenvalue weighted by Crippen LogP contribution is 2.49. The van der Waals surface area contributed by atoms with Gasteiger partial charge in [-0.3, -0.25) is 5.32 Å². The molecule has 1 aliphatic carbocycles. The molecule has 118 valence electrons. The number of aryl methyl sites for hydroxylation is 1.